The fourth-order valence-electron chi connectivity index (χ4n) is 2.06. The molecular weight excluding hydrogens is 198 g/mol. The average Bonchev–Trinajstić information content (AvgIpc) is 2.26. The third-order valence-electron chi connectivity index (χ3n) is 3.02. The van der Waals surface area contributed by atoms with Gasteiger partial charge in [0.25, 0.3) is 0 Å². The van der Waals surface area contributed by atoms with Crippen molar-refractivity contribution >= 4 is 5.91 Å². The molecule has 0 bridgehead atoms. The van der Waals surface area contributed by atoms with Crippen LogP contribution in [0.4, 0.5) is 0 Å². The van der Waals surface area contributed by atoms with E-state index in [-0.39, 0.29) is 11.8 Å². The first-order chi connectivity index (χ1) is 7.83. The van der Waals surface area contributed by atoms with Crippen molar-refractivity contribution in [2.45, 2.75) is 25.7 Å². The molecule has 1 unspecified atom stereocenters. The molecule has 0 saturated carbocycles. The van der Waals surface area contributed by atoms with Crippen LogP contribution in [0.15, 0.2) is 36.4 Å². The standard InChI is InChI=1S/C14H17NO/c1-2-3-6-9-15-14(16)13-10-11-7-4-5-8-12(11)13/h2-5,7-8,13H,6,9-10H2,1H3,(H,15,16)/b3-2+. The Morgan fingerprint density at radius 2 is 2.31 bits per heavy atom. The van der Waals surface area contributed by atoms with Crippen molar-refractivity contribution in [3.05, 3.63) is 47.5 Å². The molecule has 2 nitrogen and oxygen atoms in total. The quantitative estimate of drug-likeness (QED) is 0.606. The molecule has 0 radical (unpaired) electrons. The van der Waals surface area contributed by atoms with E-state index in [1.165, 1.54) is 11.1 Å². The highest BCUT2D eigenvalue weighted by atomic mass is 16.1. The van der Waals surface area contributed by atoms with Gasteiger partial charge in [0.05, 0.1) is 5.92 Å². The second kappa shape index (κ2) is 4.97. The maximum atomic E-state index is 11.8. The van der Waals surface area contributed by atoms with Gasteiger partial charge < -0.3 is 5.32 Å². The monoisotopic (exact) mass is 215 g/mol. The summed E-state index contributed by atoms with van der Waals surface area (Å²) in [6, 6.07) is 8.17. The first-order valence-corrected chi connectivity index (χ1v) is 5.79. The van der Waals surface area contributed by atoms with E-state index in [1.807, 2.05) is 25.1 Å². The van der Waals surface area contributed by atoms with Crippen LogP contribution in [0.3, 0.4) is 0 Å². The summed E-state index contributed by atoms with van der Waals surface area (Å²) in [7, 11) is 0. The lowest BCUT2D eigenvalue weighted by molar-refractivity contribution is -0.123. The zero-order valence-electron chi connectivity index (χ0n) is 9.57. The molecule has 1 aromatic carbocycles. The highest BCUT2D eigenvalue weighted by Gasteiger charge is 2.31. The predicted molar refractivity (Wildman–Crippen MR) is 65.3 cm³/mol. The number of hydrogen-bond donors (Lipinski definition) is 1. The van der Waals surface area contributed by atoms with Gasteiger partial charge in [0, 0.05) is 6.54 Å². The van der Waals surface area contributed by atoms with Crippen LogP contribution < -0.4 is 5.32 Å². The molecule has 1 aliphatic rings. The molecule has 0 aromatic heterocycles. The third-order valence-corrected chi connectivity index (χ3v) is 3.02. The van der Waals surface area contributed by atoms with E-state index in [9.17, 15) is 4.79 Å². The molecule has 84 valence electrons. The van der Waals surface area contributed by atoms with Crippen LogP contribution in [0, 0.1) is 0 Å². The average molecular weight is 215 g/mol. The van der Waals surface area contributed by atoms with Gasteiger partial charge >= 0.3 is 0 Å². The van der Waals surface area contributed by atoms with Crippen molar-refractivity contribution in [3.63, 3.8) is 0 Å². The zero-order valence-corrected chi connectivity index (χ0v) is 9.57. The van der Waals surface area contributed by atoms with E-state index < -0.39 is 0 Å². The maximum absolute atomic E-state index is 11.8. The minimum absolute atomic E-state index is 0.0850. The van der Waals surface area contributed by atoms with Crippen molar-refractivity contribution in [2.75, 3.05) is 6.54 Å². The van der Waals surface area contributed by atoms with E-state index in [1.54, 1.807) is 0 Å². The van der Waals surface area contributed by atoms with Gasteiger partial charge in [-0.3, -0.25) is 4.79 Å². The fourth-order valence-corrected chi connectivity index (χ4v) is 2.06. The molecule has 0 saturated heterocycles. The Hall–Kier alpha value is -1.57. The van der Waals surface area contributed by atoms with E-state index >= 15 is 0 Å². The van der Waals surface area contributed by atoms with E-state index in [4.69, 9.17) is 0 Å². The third kappa shape index (κ3) is 2.16. The number of fused-ring (bicyclic) bond motifs is 1. The largest absolute Gasteiger partial charge is 0.355 e. The summed E-state index contributed by atoms with van der Waals surface area (Å²) in [6.07, 6.45) is 5.88. The summed E-state index contributed by atoms with van der Waals surface area (Å²) in [5, 5.41) is 2.97. The predicted octanol–water partition coefficient (Wildman–Crippen LogP) is 2.41. The maximum Gasteiger partial charge on any atom is 0.227 e. The number of rotatable bonds is 4. The van der Waals surface area contributed by atoms with Crippen molar-refractivity contribution < 1.29 is 4.79 Å². The summed E-state index contributed by atoms with van der Waals surface area (Å²) < 4.78 is 0. The molecular formula is C14H17NO. The zero-order chi connectivity index (χ0) is 11.4. The van der Waals surface area contributed by atoms with Gasteiger partial charge in [-0.2, -0.15) is 0 Å². The Labute approximate surface area is 96.4 Å². The molecule has 1 N–H and O–H groups in total. The molecule has 0 fully saturated rings. The number of carbonyl (C=O) groups excluding carboxylic acids is 1. The van der Waals surface area contributed by atoms with Crippen molar-refractivity contribution in [3.8, 4) is 0 Å². The Balaban J connectivity index is 1.85. The second-order valence-corrected chi connectivity index (χ2v) is 4.10. The highest BCUT2D eigenvalue weighted by Crippen LogP contribution is 2.34. The lowest BCUT2D eigenvalue weighted by Gasteiger charge is -2.28. The molecule has 2 rings (SSSR count). The number of amides is 1. The number of benzene rings is 1. The van der Waals surface area contributed by atoms with Gasteiger partial charge in [-0.05, 0) is 30.9 Å². The van der Waals surface area contributed by atoms with Crippen LogP contribution in [0.1, 0.15) is 30.4 Å². The van der Waals surface area contributed by atoms with Gasteiger partial charge in [0.1, 0.15) is 0 Å². The van der Waals surface area contributed by atoms with E-state index in [0.717, 1.165) is 19.4 Å². The molecule has 0 spiro atoms. The molecule has 1 amide bonds. The lowest BCUT2D eigenvalue weighted by Crippen LogP contribution is -2.35. The van der Waals surface area contributed by atoms with Gasteiger partial charge in [-0.25, -0.2) is 0 Å². The van der Waals surface area contributed by atoms with Crippen molar-refractivity contribution in [2.24, 2.45) is 0 Å². The first kappa shape index (κ1) is 10.9. The second-order valence-electron chi connectivity index (χ2n) is 4.10. The fraction of sp³-hybridized carbons (Fsp3) is 0.357. The molecule has 0 aliphatic heterocycles. The van der Waals surface area contributed by atoms with Gasteiger partial charge in [-0.1, -0.05) is 36.4 Å². The Morgan fingerprint density at radius 1 is 1.50 bits per heavy atom. The summed E-state index contributed by atoms with van der Waals surface area (Å²) in [5.41, 5.74) is 2.52. The van der Waals surface area contributed by atoms with Gasteiger partial charge in [0.15, 0.2) is 0 Å². The smallest absolute Gasteiger partial charge is 0.227 e. The summed E-state index contributed by atoms with van der Waals surface area (Å²) in [5.74, 6) is 0.255. The highest BCUT2D eigenvalue weighted by molar-refractivity contribution is 5.86. The van der Waals surface area contributed by atoms with Crippen LogP contribution in [0.2, 0.25) is 0 Å². The summed E-state index contributed by atoms with van der Waals surface area (Å²) in [6.45, 7) is 2.73. The van der Waals surface area contributed by atoms with Crippen molar-refractivity contribution in [1.82, 2.24) is 5.32 Å². The van der Waals surface area contributed by atoms with E-state index in [2.05, 4.69) is 23.5 Å². The van der Waals surface area contributed by atoms with Crippen molar-refractivity contribution in [1.29, 1.82) is 0 Å². The van der Waals surface area contributed by atoms with Crippen LogP contribution in [0.25, 0.3) is 0 Å². The van der Waals surface area contributed by atoms with Crippen LogP contribution in [-0.2, 0) is 11.2 Å². The van der Waals surface area contributed by atoms with Gasteiger partial charge in [0.2, 0.25) is 5.91 Å². The minimum Gasteiger partial charge on any atom is -0.355 e. The number of allylic oxidation sites excluding steroid dienone is 1. The van der Waals surface area contributed by atoms with Crippen LogP contribution in [0.5, 0.6) is 0 Å². The number of carbonyl (C=O) groups is 1. The first-order valence-electron chi connectivity index (χ1n) is 5.79. The van der Waals surface area contributed by atoms with Crippen LogP contribution in [-0.4, -0.2) is 12.5 Å². The number of nitrogens with one attached hydrogen (secondary N) is 1. The molecule has 1 aliphatic carbocycles. The molecule has 0 heterocycles. The molecule has 2 heteroatoms. The van der Waals surface area contributed by atoms with Crippen LogP contribution >= 0.6 is 0 Å². The Kier molecular flexibility index (Phi) is 3.40. The SMILES string of the molecule is C/C=C/CCNC(=O)C1Cc2ccccc21. The Morgan fingerprint density at radius 3 is 3.06 bits per heavy atom. The summed E-state index contributed by atoms with van der Waals surface area (Å²) >= 11 is 0. The topological polar surface area (TPSA) is 29.1 Å². The minimum atomic E-state index is 0.0850. The molecule has 1 atom stereocenters. The molecule has 1 aromatic rings. The Bertz CT molecular complexity index is 409. The van der Waals surface area contributed by atoms with Gasteiger partial charge in [-0.15, -0.1) is 0 Å². The lowest BCUT2D eigenvalue weighted by atomic mass is 9.77. The van der Waals surface area contributed by atoms with E-state index in [0.29, 0.717) is 0 Å². The summed E-state index contributed by atoms with van der Waals surface area (Å²) in [4.78, 5) is 11.8. The normalized spacial score (nSPS) is 17.9. The number of hydrogen-bond acceptors (Lipinski definition) is 1. The molecule has 16 heavy (non-hydrogen) atoms.